The second-order valence-corrected chi connectivity index (χ2v) is 4.55. The van der Waals surface area contributed by atoms with Crippen LogP contribution >= 0.6 is 0 Å². The molecule has 0 aliphatic heterocycles. The number of anilines is 1. The van der Waals surface area contributed by atoms with Crippen LogP contribution in [0.5, 0.6) is 0 Å². The number of halogens is 1. The SMILES string of the molecule is Cc1ccn(C(C)CC(=O)Nc2cccc(F)c2)n1. The van der Waals surface area contributed by atoms with E-state index in [0.29, 0.717) is 5.69 Å². The van der Waals surface area contributed by atoms with Crippen LogP contribution in [0.3, 0.4) is 0 Å². The fourth-order valence-corrected chi connectivity index (χ4v) is 1.82. The molecule has 1 aromatic heterocycles. The van der Waals surface area contributed by atoms with Gasteiger partial charge in [-0.25, -0.2) is 4.39 Å². The van der Waals surface area contributed by atoms with Crippen LogP contribution in [-0.4, -0.2) is 15.7 Å². The molecule has 5 heteroatoms. The van der Waals surface area contributed by atoms with Crippen molar-refractivity contribution in [2.24, 2.45) is 0 Å². The minimum atomic E-state index is -0.367. The lowest BCUT2D eigenvalue weighted by Crippen LogP contribution is -2.18. The highest BCUT2D eigenvalue weighted by Gasteiger charge is 2.11. The summed E-state index contributed by atoms with van der Waals surface area (Å²) in [6, 6.07) is 7.70. The molecule has 1 aromatic carbocycles. The van der Waals surface area contributed by atoms with Crippen molar-refractivity contribution in [1.29, 1.82) is 0 Å². The Balaban J connectivity index is 1.94. The first-order valence-electron chi connectivity index (χ1n) is 6.12. The zero-order valence-corrected chi connectivity index (χ0v) is 10.9. The first-order valence-corrected chi connectivity index (χ1v) is 6.12. The van der Waals surface area contributed by atoms with Crippen LogP contribution in [0.4, 0.5) is 10.1 Å². The number of hydrogen-bond donors (Lipinski definition) is 1. The Morgan fingerprint density at radius 1 is 1.47 bits per heavy atom. The Kier molecular flexibility index (Phi) is 3.94. The Morgan fingerprint density at radius 3 is 2.89 bits per heavy atom. The number of rotatable bonds is 4. The number of aromatic nitrogens is 2. The minimum absolute atomic E-state index is 0.0396. The zero-order chi connectivity index (χ0) is 13.8. The summed E-state index contributed by atoms with van der Waals surface area (Å²) in [6.07, 6.45) is 2.13. The molecule has 1 N–H and O–H groups in total. The summed E-state index contributed by atoms with van der Waals surface area (Å²) >= 11 is 0. The lowest BCUT2D eigenvalue weighted by Gasteiger charge is -2.12. The van der Waals surface area contributed by atoms with Gasteiger partial charge in [-0.1, -0.05) is 6.07 Å². The van der Waals surface area contributed by atoms with Gasteiger partial charge in [0.1, 0.15) is 5.82 Å². The van der Waals surface area contributed by atoms with Gasteiger partial charge in [0, 0.05) is 18.3 Å². The maximum atomic E-state index is 13.0. The number of carbonyl (C=O) groups is 1. The Morgan fingerprint density at radius 2 is 2.26 bits per heavy atom. The Labute approximate surface area is 111 Å². The summed E-state index contributed by atoms with van der Waals surface area (Å²) in [4.78, 5) is 11.8. The standard InChI is InChI=1S/C14H16FN3O/c1-10-6-7-18(17-10)11(2)8-14(19)16-13-5-3-4-12(15)9-13/h3-7,9,11H,8H2,1-2H3,(H,16,19). The molecule has 0 bridgehead atoms. The van der Waals surface area contributed by atoms with Crippen molar-refractivity contribution >= 4 is 11.6 Å². The van der Waals surface area contributed by atoms with E-state index in [2.05, 4.69) is 10.4 Å². The highest BCUT2D eigenvalue weighted by molar-refractivity contribution is 5.90. The van der Waals surface area contributed by atoms with Gasteiger partial charge < -0.3 is 5.32 Å². The molecule has 1 atom stereocenters. The number of aryl methyl sites for hydroxylation is 1. The van der Waals surface area contributed by atoms with Gasteiger partial charge >= 0.3 is 0 Å². The predicted molar refractivity (Wildman–Crippen MR) is 71.3 cm³/mol. The topological polar surface area (TPSA) is 46.9 Å². The summed E-state index contributed by atoms with van der Waals surface area (Å²) in [5, 5.41) is 6.93. The third-order valence-corrected chi connectivity index (χ3v) is 2.78. The average molecular weight is 261 g/mol. The molecule has 1 amide bonds. The molecule has 1 heterocycles. The fourth-order valence-electron chi connectivity index (χ4n) is 1.82. The largest absolute Gasteiger partial charge is 0.326 e. The smallest absolute Gasteiger partial charge is 0.226 e. The normalized spacial score (nSPS) is 12.2. The molecule has 0 saturated heterocycles. The van der Waals surface area contributed by atoms with Crippen molar-refractivity contribution in [3.63, 3.8) is 0 Å². The molecular formula is C14H16FN3O. The average Bonchev–Trinajstić information content (AvgIpc) is 2.75. The molecule has 0 saturated carbocycles. The van der Waals surface area contributed by atoms with Gasteiger partial charge in [0.15, 0.2) is 0 Å². The highest BCUT2D eigenvalue weighted by atomic mass is 19.1. The van der Waals surface area contributed by atoms with Gasteiger partial charge in [-0.2, -0.15) is 5.10 Å². The van der Waals surface area contributed by atoms with Gasteiger partial charge in [0.25, 0.3) is 0 Å². The zero-order valence-electron chi connectivity index (χ0n) is 10.9. The molecule has 0 aliphatic carbocycles. The van der Waals surface area contributed by atoms with E-state index in [1.165, 1.54) is 12.1 Å². The number of benzene rings is 1. The van der Waals surface area contributed by atoms with Gasteiger partial charge in [0.05, 0.1) is 11.7 Å². The number of hydrogen-bond acceptors (Lipinski definition) is 2. The Bertz CT molecular complexity index is 580. The van der Waals surface area contributed by atoms with E-state index in [4.69, 9.17) is 0 Å². The molecule has 100 valence electrons. The van der Waals surface area contributed by atoms with E-state index in [0.717, 1.165) is 5.69 Å². The lowest BCUT2D eigenvalue weighted by atomic mass is 10.2. The monoisotopic (exact) mass is 261 g/mol. The predicted octanol–water partition coefficient (Wildman–Crippen LogP) is 2.92. The second kappa shape index (κ2) is 5.65. The van der Waals surface area contributed by atoms with Crippen LogP contribution in [0.15, 0.2) is 36.5 Å². The summed E-state index contributed by atoms with van der Waals surface area (Å²) < 4.78 is 14.7. The van der Waals surface area contributed by atoms with E-state index in [-0.39, 0.29) is 24.2 Å². The van der Waals surface area contributed by atoms with Crippen LogP contribution in [0.2, 0.25) is 0 Å². The molecule has 19 heavy (non-hydrogen) atoms. The van der Waals surface area contributed by atoms with Gasteiger partial charge in [-0.3, -0.25) is 9.48 Å². The number of amides is 1. The molecule has 2 rings (SSSR count). The van der Waals surface area contributed by atoms with E-state index < -0.39 is 0 Å². The third-order valence-electron chi connectivity index (χ3n) is 2.78. The van der Waals surface area contributed by atoms with Crippen LogP contribution in [0, 0.1) is 12.7 Å². The maximum Gasteiger partial charge on any atom is 0.226 e. The summed E-state index contributed by atoms with van der Waals surface area (Å²) in [5.41, 5.74) is 1.38. The number of carbonyl (C=O) groups excluding carboxylic acids is 1. The first kappa shape index (κ1) is 13.3. The fraction of sp³-hybridized carbons (Fsp3) is 0.286. The van der Waals surface area contributed by atoms with Crippen molar-refractivity contribution in [2.75, 3.05) is 5.32 Å². The van der Waals surface area contributed by atoms with Crippen molar-refractivity contribution in [3.8, 4) is 0 Å². The number of nitrogens with zero attached hydrogens (tertiary/aromatic N) is 2. The van der Waals surface area contributed by atoms with Crippen LogP contribution in [-0.2, 0) is 4.79 Å². The van der Waals surface area contributed by atoms with Crippen LogP contribution in [0.25, 0.3) is 0 Å². The van der Waals surface area contributed by atoms with Crippen molar-refractivity contribution in [3.05, 3.63) is 48.0 Å². The minimum Gasteiger partial charge on any atom is -0.326 e. The quantitative estimate of drug-likeness (QED) is 0.919. The second-order valence-electron chi connectivity index (χ2n) is 4.55. The maximum absolute atomic E-state index is 13.0. The van der Waals surface area contributed by atoms with E-state index in [9.17, 15) is 9.18 Å². The highest BCUT2D eigenvalue weighted by Crippen LogP contribution is 2.13. The summed E-state index contributed by atoms with van der Waals surface area (Å²) in [7, 11) is 0. The van der Waals surface area contributed by atoms with Crippen molar-refractivity contribution in [1.82, 2.24) is 9.78 Å². The molecule has 0 fully saturated rings. The van der Waals surface area contributed by atoms with Gasteiger partial charge in [-0.15, -0.1) is 0 Å². The molecule has 0 spiro atoms. The summed E-state index contributed by atoms with van der Waals surface area (Å²) in [6.45, 7) is 3.81. The molecule has 0 aliphatic rings. The van der Waals surface area contributed by atoms with Crippen LogP contribution in [0.1, 0.15) is 25.1 Å². The van der Waals surface area contributed by atoms with Gasteiger partial charge in [-0.05, 0) is 38.1 Å². The van der Waals surface area contributed by atoms with E-state index in [1.807, 2.05) is 26.1 Å². The molecular weight excluding hydrogens is 245 g/mol. The summed E-state index contributed by atoms with van der Waals surface area (Å²) in [5.74, 6) is -0.528. The molecule has 2 aromatic rings. The van der Waals surface area contributed by atoms with E-state index in [1.54, 1.807) is 16.8 Å². The molecule has 1 unspecified atom stereocenters. The molecule has 0 radical (unpaired) electrons. The lowest BCUT2D eigenvalue weighted by molar-refractivity contribution is -0.116. The Hall–Kier alpha value is -2.17. The van der Waals surface area contributed by atoms with Crippen molar-refractivity contribution in [2.45, 2.75) is 26.3 Å². The molecule has 4 nitrogen and oxygen atoms in total. The van der Waals surface area contributed by atoms with E-state index >= 15 is 0 Å². The van der Waals surface area contributed by atoms with Crippen molar-refractivity contribution < 1.29 is 9.18 Å². The first-order chi connectivity index (χ1) is 9.04. The number of nitrogens with one attached hydrogen (secondary N) is 1. The van der Waals surface area contributed by atoms with Crippen LogP contribution < -0.4 is 5.32 Å². The van der Waals surface area contributed by atoms with Gasteiger partial charge in [0.2, 0.25) is 5.91 Å². The third kappa shape index (κ3) is 3.64.